The summed E-state index contributed by atoms with van der Waals surface area (Å²) in [4.78, 5) is 0. The van der Waals surface area contributed by atoms with Crippen LogP contribution in [0, 0.1) is 0 Å². The smallest absolute Gasteiger partial charge is 0.0724 e. The van der Waals surface area contributed by atoms with Crippen molar-refractivity contribution in [3.8, 4) is 0 Å². The minimum absolute atomic E-state index is 0.350. The van der Waals surface area contributed by atoms with Gasteiger partial charge in [-0.2, -0.15) is 0 Å². The van der Waals surface area contributed by atoms with E-state index in [1.807, 2.05) is 7.11 Å². The largest absolute Gasteiger partial charge is 0.380 e. The number of hydrogen-bond acceptors (Lipinski definition) is 3. The molecule has 0 spiro atoms. The predicted molar refractivity (Wildman–Crippen MR) is 63.9 cm³/mol. The minimum atomic E-state index is 0.350. The maximum atomic E-state index is 5.70. The van der Waals surface area contributed by atoms with E-state index in [9.17, 15) is 0 Å². The lowest BCUT2D eigenvalue weighted by atomic mass is 10.1. The molecule has 0 amide bonds. The summed E-state index contributed by atoms with van der Waals surface area (Å²) in [5.74, 6) is 0. The van der Waals surface area contributed by atoms with Crippen LogP contribution >= 0.6 is 0 Å². The number of ether oxygens (including phenoxy) is 1. The van der Waals surface area contributed by atoms with Gasteiger partial charge in [-0.15, -0.1) is 0 Å². The second-order valence-corrected chi connectivity index (χ2v) is 4.74. The molecule has 15 heavy (non-hydrogen) atoms. The van der Waals surface area contributed by atoms with E-state index < -0.39 is 0 Å². The van der Waals surface area contributed by atoms with Crippen LogP contribution in [0.25, 0.3) is 0 Å². The molecular formula is C12H26N2O. The molecule has 3 unspecified atom stereocenters. The molecule has 0 aromatic carbocycles. The topological polar surface area (TPSA) is 47.3 Å². The summed E-state index contributed by atoms with van der Waals surface area (Å²) < 4.78 is 5.44. The van der Waals surface area contributed by atoms with Gasteiger partial charge in [-0.25, -0.2) is 0 Å². The fraction of sp³-hybridized carbons (Fsp3) is 1.00. The summed E-state index contributed by atoms with van der Waals surface area (Å²) in [6.07, 6.45) is 7.83. The van der Waals surface area contributed by atoms with Gasteiger partial charge >= 0.3 is 0 Å². The highest BCUT2D eigenvalue weighted by Gasteiger charge is 2.25. The van der Waals surface area contributed by atoms with Crippen LogP contribution in [0.1, 0.15) is 45.4 Å². The Morgan fingerprint density at radius 1 is 1.40 bits per heavy atom. The molecule has 90 valence electrons. The molecule has 0 aromatic rings. The Kier molecular flexibility index (Phi) is 6.22. The van der Waals surface area contributed by atoms with Gasteiger partial charge in [0.15, 0.2) is 0 Å². The van der Waals surface area contributed by atoms with Gasteiger partial charge in [-0.3, -0.25) is 0 Å². The Labute approximate surface area is 93.8 Å². The number of rotatable bonds is 7. The summed E-state index contributed by atoms with van der Waals surface area (Å²) >= 11 is 0. The summed E-state index contributed by atoms with van der Waals surface area (Å²) in [7, 11) is 1.82. The van der Waals surface area contributed by atoms with Gasteiger partial charge in [0.2, 0.25) is 0 Å². The lowest BCUT2D eigenvalue weighted by Crippen LogP contribution is -2.37. The molecule has 0 bridgehead atoms. The van der Waals surface area contributed by atoms with E-state index in [-0.39, 0.29) is 0 Å². The van der Waals surface area contributed by atoms with E-state index in [4.69, 9.17) is 10.5 Å². The van der Waals surface area contributed by atoms with Crippen molar-refractivity contribution in [3.05, 3.63) is 0 Å². The van der Waals surface area contributed by atoms with Crippen molar-refractivity contribution in [1.29, 1.82) is 0 Å². The maximum absolute atomic E-state index is 5.70. The Bertz CT molecular complexity index is 162. The first kappa shape index (κ1) is 12.9. The summed E-state index contributed by atoms with van der Waals surface area (Å²) in [6.45, 7) is 3.18. The highest BCUT2D eigenvalue weighted by molar-refractivity contribution is 4.83. The van der Waals surface area contributed by atoms with E-state index in [1.165, 1.54) is 32.1 Å². The number of nitrogens with one attached hydrogen (secondary N) is 1. The SMILES string of the molecule is COC1CCCC1NCCCCC(C)N. The van der Waals surface area contributed by atoms with Crippen LogP contribution in [0.4, 0.5) is 0 Å². The molecule has 0 aromatic heterocycles. The van der Waals surface area contributed by atoms with Gasteiger partial charge in [0.1, 0.15) is 0 Å². The van der Waals surface area contributed by atoms with Crippen molar-refractivity contribution < 1.29 is 4.74 Å². The third-order valence-electron chi connectivity index (χ3n) is 3.25. The second-order valence-electron chi connectivity index (χ2n) is 4.74. The first-order valence-corrected chi connectivity index (χ1v) is 6.25. The fourth-order valence-electron chi connectivity index (χ4n) is 2.32. The third kappa shape index (κ3) is 4.96. The van der Waals surface area contributed by atoms with Crippen LogP contribution < -0.4 is 11.1 Å². The van der Waals surface area contributed by atoms with Crippen LogP contribution in [0.3, 0.4) is 0 Å². The van der Waals surface area contributed by atoms with Crippen molar-refractivity contribution in [2.75, 3.05) is 13.7 Å². The molecule has 0 saturated heterocycles. The van der Waals surface area contributed by atoms with Crippen LogP contribution in [-0.4, -0.2) is 31.8 Å². The molecule has 3 nitrogen and oxygen atoms in total. The molecule has 1 aliphatic rings. The lowest BCUT2D eigenvalue weighted by Gasteiger charge is -2.19. The highest BCUT2D eigenvalue weighted by atomic mass is 16.5. The van der Waals surface area contributed by atoms with E-state index in [1.54, 1.807) is 0 Å². The predicted octanol–water partition coefficient (Wildman–Crippen LogP) is 1.66. The number of methoxy groups -OCH3 is 1. The zero-order valence-electron chi connectivity index (χ0n) is 10.2. The Morgan fingerprint density at radius 2 is 2.20 bits per heavy atom. The second kappa shape index (κ2) is 7.20. The summed E-state index contributed by atoms with van der Waals surface area (Å²) in [6, 6.07) is 0.938. The molecule has 1 rings (SSSR count). The average molecular weight is 214 g/mol. The highest BCUT2D eigenvalue weighted by Crippen LogP contribution is 2.21. The zero-order chi connectivity index (χ0) is 11.1. The third-order valence-corrected chi connectivity index (χ3v) is 3.25. The molecule has 1 aliphatic carbocycles. The lowest BCUT2D eigenvalue weighted by molar-refractivity contribution is 0.0852. The Hall–Kier alpha value is -0.120. The molecule has 0 radical (unpaired) electrons. The molecule has 3 atom stereocenters. The summed E-state index contributed by atoms with van der Waals surface area (Å²) in [5.41, 5.74) is 5.70. The molecular weight excluding hydrogens is 188 g/mol. The Morgan fingerprint density at radius 3 is 2.87 bits per heavy atom. The van der Waals surface area contributed by atoms with Gasteiger partial charge in [-0.1, -0.05) is 6.42 Å². The van der Waals surface area contributed by atoms with Gasteiger partial charge in [0.25, 0.3) is 0 Å². The van der Waals surface area contributed by atoms with Gasteiger partial charge in [0, 0.05) is 19.2 Å². The minimum Gasteiger partial charge on any atom is -0.380 e. The van der Waals surface area contributed by atoms with Gasteiger partial charge < -0.3 is 15.8 Å². The fourth-order valence-corrected chi connectivity index (χ4v) is 2.32. The average Bonchev–Trinajstić information content (AvgIpc) is 2.64. The van der Waals surface area contributed by atoms with Crippen molar-refractivity contribution in [2.45, 2.75) is 63.6 Å². The molecule has 0 heterocycles. The summed E-state index contributed by atoms with van der Waals surface area (Å²) in [5, 5.41) is 3.59. The van der Waals surface area contributed by atoms with Crippen LogP contribution in [0.5, 0.6) is 0 Å². The van der Waals surface area contributed by atoms with E-state index >= 15 is 0 Å². The molecule has 1 fully saturated rings. The standard InChI is InChI=1S/C12H26N2O/c1-10(13)6-3-4-9-14-11-7-5-8-12(11)15-2/h10-12,14H,3-9,13H2,1-2H3. The van der Waals surface area contributed by atoms with Crippen LogP contribution in [-0.2, 0) is 4.74 Å². The molecule has 3 heteroatoms. The Balaban J connectivity index is 1.99. The molecule has 1 saturated carbocycles. The van der Waals surface area contributed by atoms with Crippen LogP contribution in [0.2, 0.25) is 0 Å². The first-order valence-electron chi connectivity index (χ1n) is 6.25. The van der Waals surface area contributed by atoms with Gasteiger partial charge in [0.05, 0.1) is 6.10 Å². The first-order chi connectivity index (χ1) is 7.24. The van der Waals surface area contributed by atoms with Crippen molar-refractivity contribution >= 4 is 0 Å². The van der Waals surface area contributed by atoms with E-state index in [0.29, 0.717) is 18.2 Å². The molecule has 3 N–H and O–H groups in total. The quantitative estimate of drug-likeness (QED) is 0.634. The number of hydrogen-bond donors (Lipinski definition) is 2. The van der Waals surface area contributed by atoms with E-state index in [2.05, 4.69) is 12.2 Å². The number of nitrogens with two attached hydrogens (primary N) is 1. The normalized spacial score (nSPS) is 28.2. The van der Waals surface area contributed by atoms with E-state index in [0.717, 1.165) is 13.0 Å². The maximum Gasteiger partial charge on any atom is 0.0724 e. The van der Waals surface area contributed by atoms with Crippen molar-refractivity contribution in [1.82, 2.24) is 5.32 Å². The van der Waals surface area contributed by atoms with Gasteiger partial charge in [-0.05, 0) is 45.6 Å². The van der Waals surface area contributed by atoms with Crippen LogP contribution in [0.15, 0.2) is 0 Å². The molecule has 0 aliphatic heterocycles. The zero-order valence-corrected chi connectivity index (χ0v) is 10.2. The number of unbranched alkanes of at least 4 members (excludes halogenated alkanes) is 1. The monoisotopic (exact) mass is 214 g/mol. The van der Waals surface area contributed by atoms with Crippen molar-refractivity contribution in [3.63, 3.8) is 0 Å². The van der Waals surface area contributed by atoms with Crippen molar-refractivity contribution in [2.24, 2.45) is 5.73 Å².